The Morgan fingerprint density at radius 1 is 1.13 bits per heavy atom. The summed E-state index contributed by atoms with van der Waals surface area (Å²) in [5.41, 5.74) is 4.06. The molecule has 1 N–H and O–H groups in total. The summed E-state index contributed by atoms with van der Waals surface area (Å²) in [6.45, 7) is 6.23. The van der Waals surface area contributed by atoms with Crippen LogP contribution in [0.5, 0.6) is 5.75 Å². The molecule has 84 valence electrons. The Bertz CT molecular complexity index is 259. The first kappa shape index (κ1) is 12.0. The maximum atomic E-state index is 5.48. The molecular formula is C12H19NO2. The SMILES string of the molecule is CCCOc1ccc(CNOCC)cc1. The van der Waals surface area contributed by atoms with Crippen LogP contribution in [0.25, 0.3) is 0 Å². The van der Waals surface area contributed by atoms with Gasteiger partial charge in [-0.1, -0.05) is 19.1 Å². The topological polar surface area (TPSA) is 30.5 Å². The number of hydrogen-bond donors (Lipinski definition) is 1. The average molecular weight is 209 g/mol. The third kappa shape index (κ3) is 4.81. The first-order chi connectivity index (χ1) is 7.36. The largest absolute Gasteiger partial charge is 0.494 e. The number of ether oxygens (including phenoxy) is 1. The van der Waals surface area contributed by atoms with Gasteiger partial charge in [-0.3, -0.25) is 0 Å². The van der Waals surface area contributed by atoms with Crippen molar-refractivity contribution < 1.29 is 9.57 Å². The normalized spacial score (nSPS) is 10.3. The quantitative estimate of drug-likeness (QED) is 0.553. The predicted octanol–water partition coefficient (Wildman–Crippen LogP) is 2.52. The number of hydroxylamine groups is 1. The van der Waals surface area contributed by atoms with E-state index < -0.39 is 0 Å². The Balaban J connectivity index is 2.35. The molecule has 0 spiro atoms. The molecule has 0 aromatic heterocycles. The van der Waals surface area contributed by atoms with E-state index in [0.717, 1.165) is 25.3 Å². The Morgan fingerprint density at radius 3 is 2.47 bits per heavy atom. The summed E-state index contributed by atoms with van der Waals surface area (Å²) in [7, 11) is 0. The van der Waals surface area contributed by atoms with Crippen molar-refractivity contribution in [1.82, 2.24) is 5.48 Å². The van der Waals surface area contributed by atoms with Crippen molar-refractivity contribution in [3.8, 4) is 5.75 Å². The zero-order valence-electron chi connectivity index (χ0n) is 9.45. The highest BCUT2D eigenvalue weighted by molar-refractivity contribution is 5.27. The lowest BCUT2D eigenvalue weighted by Crippen LogP contribution is -2.13. The van der Waals surface area contributed by atoms with Gasteiger partial charge in [0, 0.05) is 6.54 Å². The van der Waals surface area contributed by atoms with E-state index >= 15 is 0 Å². The van der Waals surface area contributed by atoms with Crippen molar-refractivity contribution in [3.05, 3.63) is 29.8 Å². The van der Waals surface area contributed by atoms with E-state index in [9.17, 15) is 0 Å². The highest BCUT2D eigenvalue weighted by Gasteiger charge is 1.94. The molecule has 0 fully saturated rings. The Hall–Kier alpha value is -1.06. The second-order valence-electron chi connectivity index (χ2n) is 3.25. The molecule has 0 saturated heterocycles. The minimum absolute atomic E-state index is 0.678. The minimum Gasteiger partial charge on any atom is -0.494 e. The van der Waals surface area contributed by atoms with Crippen molar-refractivity contribution in [1.29, 1.82) is 0 Å². The highest BCUT2D eigenvalue weighted by Crippen LogP contribution is 2.12. The highest BCUT2D eigenvalue weighted by atomic mass is 16.6. The third-order valence-electron chi connectivity index (χ3n) is 1.92. The summed E-state index contributed by atoms with van der Waals surface area (Å²) >= 11 is 0. The smallest absolute Gasteiger partial charge is 0.119 e. The van der Waals surface area contributed by atoms with Gasteiger partial charge in [-0.15, -0.1) is 0 Å². The lowest BCUT2D eigenvalue weighted by molar-refractivity contribution is 0.0463. The van der Waals surface area contributed by atoms with Crippen LogP contribution < -0.4 is 10.2 Å². The summed E-state index contributed by atoms with van der Waals surface area (Å²) in [5, 5.41) is 0. The minimum atomic E-state index is 0.678. The zero-order valence-corrected chi connectivity index (χ0v) is 9.45. The monoisotopic (exact) mass is 209 g/mol. The molecule has 1 aromatic rings. The molecule has 0 amide bonds. The molecule has 0 unspecified atom stereocenters. The fraction of sp³-hybridized carbons (Fsp3) is 0.500. The van der Waals surface area contributed by atoms with Gasteiger partial charge in [0.25, 0.3) is 0 Å². The van der Waals surface area contributed by atoms with Crippen molar-refractivity contribution in [2.75, 3.05) is 13.2 Å². The number of nitrogens with one attached hydrogen (secondary N) is 1. The van der Waals surface area contributed by atoms with Crippen LogP contribution in [0.1, 0.15) is 25.8 Å². The Kier molecular flexibility index (Phi) is 5.81. The molecule has 1 rings (SSSR count). The molecule has 3 nitrogen and oxygen atoms in total. The van der Waals surface area contributed by atoms with Crippen LogP contribution in [-0.4, -0.2) is 13.2 Å². The summed E-state index contributed by atoms with van der Waals surface area (Å²) in [6.07, 6.45) is 1.04. The fourth-order valence-electron chi connectivity index (χ4n) is 1.16. The van der Waals surface area contributed by atoms with Gasteiger partial charge in [0.2, 0.25) is 0 Å². The molecule has 0 radical (unpaired) electrons. The summed E-state index contributed by atoms with van der Waals surface area (Å²) < 4.78 is 5.48. The predicted molar refractivity (Wildman–Crippen MR) is 60.7 cm³/mol. The van der Waals surface area contributed by atoms with E-state index in [2.05, 4.69) is 12.4 Å². The Morgan fingerprint density at radius 2 is 1.87 bits per heavy atom. The van der Waals surface area contributed by atoms with Crippen molar-refractivity contribution in [2.45, 2.75) is 26.8 Å². The Labute approximate surface area is 91.4 Å². The van der Waals surface area contributed by atoms with Crippen molar-refractivity contribution in [2.24, 2.45) is 0 Å². The van der Waals surface area contributed by atoms with Gasteiger partial charge in [0.05, 0.1) is 13.2 Å². The van der Waals surface area contributed by atoms with Crippen LogP contribution in [0.3, 0.4) is 0 Å². The molecular weight excluding hydrogens is 190 g/mol. The van der Waals surface area contributed by atoms with Gasteiger partial charge in [0.1, 0.15) is 5.75 Å². The summed E-state index contributed by atoms with van der Waals surface area (Å²) in [4.78, 5) is 5.05. The van der Waals surface area contributed by atoms with Gasteiger partial charge in [-0.05, 0) is 31.0 Å². The van der Waals surface area contributed by atoms with Gasteiger partial charge in [0.15, 0.2) is 0 Å². The molecule has 0 aliphatic heterocycles. The van der Waals surface area contributed by atoms with Gasteiger partial charge >= 0.3 is 0 Å². The molecule has 0 aliphatic carbocycles. The van der Waals surface area contributed by atoms with Crippen LogP contribution in [-0.2, 0) is 11.4 Å². The van der Waals surface area contributed by atoms with Crippen LogP contribution in [0, 0.1) is 0 Å². The number of hydrogen-bond acceptors (Lipinski definition) is 3. The first-order valence-electron chi connectivity index (χ1n) is 5.43. The first-order valence-corrected chi connectivity index (χ1v) is 5.43. The van der Waals surface area contributed by atoms with Crippen LogP contribution in [0.4, 0.5) is 0 Å². The number of rotatable bonds is 7. The van der Waals surface area contributed by atoms with E-state index in [1.165, 1.54) is 5.56 Å². The lowest BCUT2D eigenvalue weighted by Gasteiger charge is -2.06. The maximum absolute atomic E-state index is 5.48. The van der Waals surface area contributed by atoms with E-state index in [4.69, 9.17) is 9.57 Å². The second kappa shape index (κ2) is 7.26. The zero-order chi connectivity index (χ0) is 10.9. The standard InChI is InChI=1S/C12H19NO2/c1-3-9-14-12-7-5-11(6-8-12)10-13-15-4-2/h5-8,13H,3-4,9-10H2,1-2H3. The molecule has 0 heterocycles. The van der Waals surface area contributed by atoms with Gasteiger partial charge in [-0.25, -0.2) is 0 Å². The maximum Gasteiger partial charge on any atom is 0.119 e. The molecule has 1 aromatic carbocycles. The number of benzene rings is 1. The lowest BCUT2D eigenvalue weighted by atomic mass is 10.2. The second-order valence-corrected chi connectivity index (χ2v) is 3.25. The third-order valence-corrected chi connectivity index (χ3v) is 1.92. The van der Waals surface area contributed by atoms with Crippen molar-refractivity contribution >= 4 is 0 Å². The molecule has 3 heteroatoms. The molecule has 0 bridgehead atoms. The summed E-state index contributed by atoms with van der Waals surface area (Å²) in [5.74, 6) is 0.928. The van der Waals surface area contributed by atoms with Gasteiger partial charge < -0.3 is 9.57 Å². The van der Waals surface area contributed by atoms with E-state index in [1.807, 2.05) is 31.2 Å². The fourth-order valence-corrected chi connectivity index (χ4v) is 1.16. The molecule has 15 heavy (non-hydrogen) atoms. The van der Waals surface area contributed by atoms with Gasteiger partial charge in [-0.2, -0.15) is 5.48 Å². The average Bonchev–Trinajstić information content (AvgIpc) is 2.28. The van der Waals surface area contributed by atoms with Crippen LogP contribution in [0.2, 0.25) is 0 Å². The van der Waals surface area contributed by atoms with E-state index in [1.54, 1.807) is 0 Å². The van der Waals surface area contributed by atoms with Crippen LogP contribution >= 0.6 is 0 Å². The van der Waals surface area contributed by atoms with Crippen molar-refractivity contribution in [3.63, 3.8) is 0 Å². The molecule has 0 atom stereocenters. The van der Waals surface area contributed by atoms with E-state index in [0.29, 0.717) is 6.61 Å². The molecule has 0 saturated carbocycles. The van der Waals surface area contributed by atoms with E-state index in [-0.39, 0.29) is 0 Å². The summed E-state index contributed by atoms with van der Waals surface area (Å²) in [6, 6.07) is 8.05. The molecule has 0 aliphatic rings. The van der Waals surface area contributed by atoms with Crippen LogP contribution in [0.15, 0.2) is 24.3 Å².